The van der Waals surface area contributed by atoms with E-state index in [1.165, 1.54) is 0 Å². The number of halogens is 1. The second-order valence-corrected chi connectivity index (χ2v) is 8.48. The van der Waals surface area contributed by atoms with Gasteiger partial charge in [0.05, 0.1) is 18.0 Å². The molecule has 1 aliphatic rings. The van der Waals surface area contributed by atoms with Gasteiger partial charge in [0.25, 0.3) is 0 Å². The first-order valence-electron chi connectivity index (χ1n) is 8.44. The molecule has 6 heteroatoms. The van der Waals surface area contributed by atoms with Gasteiger partial charge in [0, 0.05) is 11.6 Å². The van der Waals surface area contributed by atoms with Gasteiger partial charge in [-0.1, -0.05) is 42.6 Å². The van der Waals surface area contributed by atoms with E-state index >= 15 is 0 Å². The summed E-state index contributed by atoms with van der Waals surface area (Å²) in [6, 6.07) is 13.8. The average molecular weight is 380 g/mol. The van der Waals surface area contributed by atoms with Gasteiger partial charge >= 0.3 is 0 Å². The van der Waals surface area contributed by atoms with Crippen molar-refractivity contribution >= 4 is 21.6 Å². The Morgan fingerprint density at radius 2 is 1.76 bits per heavy atom. The zero-order chi connectivity index (χ0) is 17.9. The van der Waals surface area contributed by atoms with Crippen molar-refractivity contribution in [2.45, 2.75) is 36.6 Å². The monoisotopic (exact) mass is 379 g/mol. The normalized spacial score (nSPS) is 19.4. The van der Waals surface area contributed by atoms with Gasteiger partial charge in [0.1, 0.15) is 5.75 Å². The van der Waals surface area contributed by atoms with Crippen LogP contribution in [0.3, 0.4) is 0 Å². The quantitative estimate of drug-likeness (QED) is 0.776. The minimum absolute atomic E-state index is 0.233. The lowest BCUT2D eigenvalue weighted by Gasteiger charge is -2.30. The van der Waals surface area contributed by atoms with E-state index in [-0.39, 0.29) is 10.9 Å². The Kier molecular flexibility index (Phi) is 5.67. The van der Waals surface area contributed by atoms with Crippen molar-refractivity contribution in [1.29, 1.82) is 0 Å². The van der Waals surface area contributed by atoms with Crippen molar-refractivity contribution in [2.24, 2.45) is 0 Å². The molecule has 1 heterocycles. The van der Waals surface area contributed by atoms with Crippen LogP contribution in [0.5, 0.6) is 5.75 Å². The van der Waals surface area contributed by atoms with Crippen molar-refractivity contribution in [2.75, 3.05) is 13.7 Å². The molecule has 0 saturated carbocycles. The molecular formula is C19H22ClNO3S. The summed E-state index contributed by atoms with van der Waals surface area (Å²) in [6.07, 6.45) is 3.65. The van der Waals surface area contributed by atoms with Gasteiger partial charge in [-0.15, -0.1) is 0 Å². The number of hydrogen-bond acceptors (Lipinski definition) is 3. The average Bonchev–Trinajstić information content (AvgIpc) is 2.88. The van der Waals surface area contributed by atoms with Gasteiger partial charge in [-0.3, -0.25) is 0 Å². The molecule has 2 aromatic rings. The molecule has 0 radical (unpaired) electrons. The fourth-order valence-corrected chi connectivity index (χ4v) is 5.24. The largest absolute Gasteiger partial charge is 0.497 e. The molecule has 0 bridgehead atoms. The van der Waals surface area contributed by atoms with Crippen LogP contribution >= 0.6 is 11.6 Å². The number of rotatable bonds is 4. The Bertz CT molecular complexity index is 821. The lowest BCUT2D eigenvalue weighted by molar-refractivity contribution is 0.329. The highest BCUT2D eigenvalue weighted by molar-refractivity contribution is 7.89. The first-order chi connectivity index (χ1) is 12.0. The minimum Gasteiger partial charge on any atom is -0.497 e. The van der Waals surface area contributed by atoms with Crippen LogP contribution in [0.25, 0.3) is 0 Å². The van der Waals surface area contributed by atoms with E-state index in [0.717, 1.165) is 31.2 Å². The van der Waals surface area contributed by atoms with E-state index in [0.29, 0.717) is 17.3 Å². The Morgan fingerprint density at radius 3 is 2.44 bits per heavy atom. The third-order valence-corrected chi connectivity index (χ3v) is 6.90. The fraction of sp³-hybridized carbons (Fsp3) is 0.368. The van der Waals surface area contributed by atoms with Gasteiger partial charge in [-0.2, -0.15) is 4.31 Å². The molecule has 1 atom stereocenters. The van der Waals surface area contributed by atoms with Crippen LogP contribution in [0, 0.1) is 0 Å². The Morgan fingerprint density at radius 1 is 1.04 bits per heavy atom. The number of sulfonamides is 1. The molecule has 134 valence electrons. The summed E-state index contributed by atoms with van der Waals surface area (Å²) in [5.74, 6) is 0.637. The number of methoxy groups -OCH3 is 1. The molecule has 0 N–H and O–H groups in total. The van der Waals surface area contributed by atoms with Gasteiger partial charge in [-0.05, 0) is 48.7 Å². The predicted molar refractivity (Wildman–Crippen MR) is 99.5 cm³/mol. The molecule has 0 aromatic heterocycles. The molecule has 0 aliphatic carbocycles. The third-order valence-electron chi connectivity index (χ3n) is 4.63. The highest BCUT2D eigenvalue weighted by Gasteiger charge is 2.34. The summed E-state index contributed by atoms with van der Waals surface area (Å²) in [4.78, 5) is 0.284. The standard InChI is InChI=1S/C19H22ClNO3S/c1-24-15-10-12-16(13-11-15)25(22,23)21-14-6-2-3-9-19(21)17-7-4-5-8-18(17)20/h4-5,7-8,10-13,19H,2-3,6,9,14H2,1H3. The van der Waals surface area contributed by atoms with Crippen LogP contribution in [0.1, 0.15) is 37.3 Å². The smallest absolute Gasteiger partial charge is 0.243 e. The van der Waals surface area contributed by atoms with E-state index in [4.69, 9.17) is 16.3 Å². The number of nitrogens with zero attached hydrogens (tertiary/aromatic N) is 1. The molecule has 1 fully saturated rings. The van der Waals surface area contributed by atoms with Gasteiger partial charge < -0.3 is 4.74 Å². The van der Waals surface area contributed by atoms with Crippen LogP contribution in [0.4, 0.5) is 0 Å². The lowest BCUT2D eigenvalue weighted by Crippen LogP contribution is -2.35. The molecule has 1 aliphatic heterocycles. The summed E-state index contributed by atoms with van der Waals surface area (Å²) in [5, 5.41) is 0.615. The number of benzene rings is 2. The zero-order valence-electron chi connectivity index (χ0n) is 14.2. The topological polar surface area (TPSA) is 46.6 Å². The lowest BCUT2D eigenvalue weighted by atomic mass is 10.0. The summed E-state index contributed by atoms with van der Waals surface area (Å²) in [6.45, 7) is 0.504. The fourth-order valence-electron chi connectivity index (χ4n) is 3.31. The van der Waals surface area contributed by atoms with E-state index in [1.54, 1.807) is 35.7 Å². The van der Waals surface area contributed by atoms with E-state index < -0.39 is 10.0 Å². The summed E-state index contributed by atoms with van der Waals surface area (Å²) in [5.41, 5.74) is 0.878. The Hall–Kier alpha value is -1.56. The van der Waals surface area contributed by atoms with Crippen molar-refractivity contribution in [3.05, 3.63) is 59.1 Å². The predicted octanol–water partition coefficient (Wildman–Crippen LogP) is 4.65. The summed E-state index contributed by atoms with van der Waals surface area (Å²) < 4.78 is 33.3. The molecule has 3 rings (SSSR count). The molecule has 4 nitrogen and oxygen atoms in total. The highest BCUT2D eigenvalue weighted by Crippen LogP contribution is 2.37. The summed E-state index contributed by atoms with van der Waals surface area (Å²) >= 11 is 6.37. The van der Waals surface area contributed by atoms with Crippen molar-refractivity contribution in [1.82, 2.24) is 4.31 Å². The van der Waals surface area contributed by atoms with E-state index in [1.807, 2.05) is 24.3 Å². The van der Waals surface area contributed by atoms with Gasteiger partial charge in [0.15, 0.2) is 0 Å². The first kappa shape index (κ1) is 18.2. The molecule has 0 amide bonds. The Balaban J connectivity index is 2.01. The van der Waals surface area contributed by atoms with Crippen LogP contribution in [-0.4, -0.2) is 26.4 Å². The van der Waals surface area contributed by atoms with Crippen LogP contribution in [0.15, 0.2) is 53.4 Å². The number of hydrogen-bond donors (Lipinski definition) is 0. The maximum absolute atomic E-state index is 13.3. The molecule has 0 spiro atoms. The van der Waals surface area contributed by atoms with Crippen molar-refractivity contribution in [3.63, 3.8) is 0 Å². The second-order valence-electron chi connectivity index (χ2n) is 6.18. The van der Waals surface area contributed by atoms with Crippen LogP contribution in [-0.2, 0) is 10.0 Å². The maximum atomic E-state index is 13.3. The van der Waals surface area contributed by atoms with Crippen LogP contribution < -0.4 is 4.74 Å². The Labute approximate surface area is 154 Å². The minimum atomic E-state index is -3.61. The first-order valence-corrected chi connectivity index (χ1v) is 10.3. The van der Waals surface area contributed by atoms with Crippen molar-refractivity contribution in [3.8, 4) is 5.75 Å². The molecule has 1 unspecified atom stereocenters. The third kappa shape index (κ3) is 3.84. The van der Waals surface area contributed by atoms with Crippen LogP contribution in [0.2, 0.25) is 5.02 Å². The second kappa shape index (κ2) is 7.77. The van der Waals surface area contributed by atoms with Crippen molar-refractivity contribution < 1.29 is 13.2 Å². The molecule has 2 aromatic carbocycles. The molecular weight excluding hydrogens is 358 g/mol. The van der Waals surface area contributed by atoms with E-state index in [9.17, 15) is 8.42 Å². The zero-order valence-corrected chi connectivity index (χ0v) is 15.8. The number of ether oxygens (including phenoxy) is 1. The molecule has 1 saturated heterocycles. The highest BCUT2D eigenvalue weighted by atomic mass is 35.5. The molecule has 25 heavy (non-hydrogen) atoms. The van der Waals surface area contributed by atoms with Gasteiger partial charge in [-0.25, -0.2) is 8.42 Å². The van der Waals surface area contributed by atoms with Gasteiger partial charge in [0.2, 0.25) is 10.0 Å². The van der Waals surface area contributed by atoms with E-state index in [2.05, 4.69) is 0 Å². The summed E-state index contributed by atoms with van der Waals surface area (Å²) in [7, 11) is -2.04. The maximum Gasteiger partial charge on any atom is 0.243 e. The SMILES string of the molecule is COc1ccc(S(=O)(=O)N2CCCCCC2c2ccccc2Cl)cc1.